The maximum atomic E-state index is 14.4. The van der Waals surface area contributed by atoms with Crippen molar-refractivity contribution in [3.05, 3.63) is 71.7 Å². The lowest BCUT2D eigenvalue weighted by Gasteiger charge is -2.18. The molecule has 0 radical (unpaired) electrons. The van der Waals surface area contributed by atoms with Crippen LogP contribution in [-0.2, 0) is 17.8 Å². The first-order chi connectivity index (χ1) is 15.6. The van der Waals surface area contributed by atoms with E-state index in [1.807, 2.05) is 0 Å². The largest absolute Gasteiger partial charge is 0.479 e. The van der Waals surface area contributed by atoms with Crippen LogP contribution >= 0.6 is 0 Å². The highest BCUT2D eigenvalue weighted by atomic mass is 19.1. The molecule has 2 aromatic heterocycles. The van der Waals surface area contributed by atoms with Crippen molar-refractivity contribution in [3.8, 4) is 11.6 Å². The maximum Gasteiger partial charge on any atom is 0.268 e. The number of hydrogen-bond acceptors (Lipinski definition) is 7. The summed E-state index contributed by atoms with van der Waals surface area (Å²) in [7, 11) is 0. The molecule has 9 heteroatoms. The highest BCUT2D eigenvalue weighted by Crippen LogP contribution is 2.32. The highest BCUT2D eigenvalue weighted by Gasteiger charge is 2.36. The number of carbonyl (C=O) groups is 2. The van der Waals surface area contributed by atoms with Crippen molar-refractivity contribution in [2.45, 2.75) is 32.0 Å². The number of amides is 1. The number of carbonyl (C=O) groups excluding carboxylic acids is 2. The van der Waals surface area contributed by atoms with E-state index in [0.717, 1.165) is 0 Å². The maximum absolute atomic E-state index is 14.4. The molecule has 3 aromatic rings. The first-order valence-corrected chi connectivity index (χ1v) is 10.3. The van der Waals surface area contributed by atoms with E-state index in [9.17, 15) is 14.0 Å². The number of nitrogens with zero attached hydrogens (tertiary/aromatic N) is 4. The summed E-state index contributed by atoms with van der Waals surface area (Å²) >= 11 is 0. The van der Waals surface area contributed by atoms with Gasteiger partial charge in [-0.15, -0.1) is 0 Å². The minimum Gasteiger partial charge on any atom is -0.479 e. The Balaban J connectivity index is 1.23. The first kappa shape index (κ1) is 20.0. The van der Waals surface area contributed by atoms with Crippen LogP contribution < -0.4 is 14.4 Å². The molecule has 1 atom stereocenters. The summed E-state index contributed by atoms with van der Waals surface area (Å²) in [6, 6.07) is 6.24. The molecule has 0 unspecified atom stereocenters. The molecule has 1 aliphatic heterocycles. The van der Waals surface area contributed by atoms with Crippen LogP contribution in [0, 0.1) is 5.82 Å². The lowest BCUT2D eigenvalue weighted by atomic mass is 10.1. The predicted octanol–water partition coefficient (Wildman–Crippen LogP) is 2.90. The van der Waals surface area contributed by atoms with Gasteiger partial charge in [-0.25, -0.2) is 9.37 Å². The number of Topliss-reactive ketones (excluding diaryl/α,β-unsaturated/α-hetero) is 1. The monoisotopic (exact) mass is 434 g/mol. The van der Waals surface area contributed by atoms with Crippen LogP contribution in [0.1, 0.15) is 34.5 Å². The molecule has 2 aliphatic rings. The van der Waals surface area contributed by atoms with Crippen LogP contribution in [0.3, 0.4) is 0 Å². The van der Waals surface area contributed by atoms with Gasteiger partial charge >= 0.3 is 0 Å². The molecule has 3 heterocycles. The molecular weight excluding hydrogens is 415 g/mol. The van der Waals surface area contributed by atoms with Crippen molar-refractivity contribution in [2.24, 2.45) is 0 Å². The van der Waals surface area contributed by atoms with E-state index in [1.165, 1.54) is 17.2 Å². The van der Waals surface area contributed by atoms with E-state index in [-0.39, 0.29) is 18.3 Å². The van der Waals surface area contributed by atoms with Gasteiger partial charge in [-0.3, -0.25) is 19.6 Å². The minimum atomic E-state index is -0.713. The number of benzene rings is 1. The van der Waals surface area contributed by atoms with Crippen molar-refractivity contribution in [1.29, 1.82) is 0 Å². The van der Waals surface area contributed by atoms with Crippen molar-refractivity contribution in [3.63, 3.8) is 0 Å². The molecule has 0 spiro atoms. The number of aromatic nitrogens is 3. The third kappa shape index (κ3) is 3.89. The zero-order valence-corrected chi connectivity index (χ0v) is 17.0. The summed E-state index contributed by atoms with van der Waals surface area (Å²) in [4.78, 5) is 38.6. The van der Waals surface area contributed by atoms with Gasteiger partial charge in [-0.1, -0.05) is 0 Å². The Morgan fingerprint density at radius 1 is 1.09 bits per heavy atom. The van der Waals surface area contributed by atoms with Crippen LogP contribution in [0.4, 0.5) is 10.1 Å². The van der Waals surface area contributed by atoms with Crippen molar-refractivity contribution < 1.29 is 23.5 Å². The zero-order chi connectivity index (χ0) is 22.1. The fourth-order valence-corrected chi connectivity index (χ4v) is 3.91. The number of rotatable bonds is 6. The van der Waals surface area contributed by atoms with E-state index in [1.54, 1.807) is 36.8 Å². The molecule has 1 aromatic carbocycles. The minimum absolute atomic E-state index is 0.0899. The Kier molecular flexibility index (Phi) is 5.22. The van der Waals surface area contributed by atoms with Gasteiger partial charge < -0.3 is 14.4 Å². The van der Waals surface area contributed by atoms with Gasteiger partial charge in [0.15, 0.2) is 11.9 Å². The molecular formula is C23H19FN4O4. The fourth-order valence-electron chi connectivity index (χ4n) is 3.91. The molecule has 1 amide bonds. The number of pyridine rings is 1. The number of anilines is 1. The average Bonchev–Trinajstić information content (AvgIpc) is 3.37. The van der Waals surface area contributed by atoms with Crippen LogP contribution in [0.5, 0.6) is 11.6 Å². The SMILES string of the molecule is O=C1CCc2c(F)cc(N3CC[C@@H](Oc4ccc(OCc5cnccn5)nc4)C3=O)cc21. The van der Waals surface area contributed by atoms with Crippen LogP contribution in [0.25, 0.3) is 0 Å². The summed E-state index contributed by atoms with van der Waals surface area (Å²) < 4.78 is 25.8. The predicted molar refractivity (Wildman–Crippen MR) is 111 cm³/mol. The first-order valence-electron chi connectivity index (χ1n) is 10.3. The molecule has 32 heavy (non-hydrogen) atoms. The smallest absolute Gasteiger partial charge is 0.268 e. The topological polar surface area (TPSA) is 94.5 Å². The van der Waals surface area contributed by atoms with Gasteiger partial charge in [-0.2, -0.15) is 0 Å². The van der Waals surface area contributed by atoms with Gasteiger partial charge in [0.05, 0.1) is 18.1 Å². The number of ether oxygens (including phenoxy) is 2. The van der Waals surface area contributed by atoms with Gasteiger partial charge in [0.25, 0.3) is 5.91 Å². The fraction of sp³-hybridized carbons (Fsp3) is 0.261. The van der Waals surface area contributed by atoms with E-state index in [0.29, 0.717) is 59.9 Å². The number of fused-ring (bicyclic) bond motifs is 1. The normalized spacial score (nSPS) is 17.5. The lowest BCUT2D eigenvalue weighted by Crippen LogP contribution is -2.32. The summed E-state index contributed by atoms with van der Waals surface area (Å²) in [5.74, 6) is 0.000443. The van der Waals surface area contributed by atoms with Gasteiger partial charge in [0.2, 0.25) is 5.88 Å². The average molecular weight is 434 g/mol. The summed E-state index contributed by atoms with van der Waals surface area (Å²) in [6.07, 6.45) is 6.70. The Morgan fingerprint density at radius 2 is 2.00 bits per heavy atom. The molecule has 162 valence electrons. The summed E-state index contributed by atoms with van der Waals surface area (Å²) in [5, 5.41) is 0. The second-order valence-electron chi connectivity index (χ2n) is 7.58. The van der Waals surface area contributed by atoms with Gasteiger partial charge in [-0.05, 0) is 30.2 Å². The summed E-state index contributed by atoms with van der Waals surface area (Å²) in [6.45, 7) is 0.611. The number of ketones is 1. The standard InChI is InChI=1S/C23H19FN4O4/c24-19-10-15(9-18-17(19)2-3-20(18)29)28-8-5-21(23(28)30)32-16-1-4-22(27-12-16)31-13-14-11-25-6-7-26-14/h1,4,6-7,9-12,21H,2-3,5,8,13H2/t21-/m1/s1. The molecule has 1 fully saturated rings. The Bertz CT molecular complexity index is 1170. The van der Waals surface area contributed by atoms with Crippen molar-refractivity contribution >= 4 is 17.4 Å². The second kappa shape index (κ2) is 8.33. The molecule has 0 bridgehead atoms. The van der Waals surface area contributed by atoms with Crippen LogP contribution in [-0.4, -0.2) is 39.3 Å². The van der Waals surface area contributed by atoms with Crippen LogP contribution in [0.2, 0.25) is 0 Å². The second-order valence-corrected chi connectivity index (χ2v) is 7.58. The van der Waals surface area contributed by atoms with Crippen molar-refractivity contribution in [1.82, 2.24) is 15.0 Å². The van der Waals surface area contributed by atoms with Crippen LogP contribution in [0.15, 0.2) is 49.1 Å². The molecule has 0 N–H and O–H groups in total. The van der Waals surface area contributed by atoms with Crippen molar-refractivity contribution in [2.75, 3.05) is 11.4 Å². The zero-order valence-electron chi connectivity index (χ0n) is 17.0. The Morgan fingerprint density at radius 3 is 2.78 bits per heavy atom. The van der Waals surface area contributed by atoms with E-state index >= 15 is 0 Å². The molecule has 8 nitrogen and oxygen atoms in total. The number of halogens is 1. The molecule has 0 saturated carbocycles. The third-order valence-corrected chi connectivity index (χ3v) is 5.52. The van der Waals surface area contributed by atoms with E-state index < -0.39 is 11.9 Å². The third-order valence-electron chi connectivity index (χ3n) is 5.52. The quantitative estimate of drug-likeness (QED) is 0.589. The van der Waals surface area contributed by atoms with Gasteiger partial charge in [0.1, 0.15) is 18.2 Å². The highest BCUT2D eigenvalue weighted by molar-refractivity contribution is 6.04. The van der Waals surface area contributed by atoms with E-state index in [2.05, 4.69) is 15.0 Å². The Hall–Kier alpha value is -3.88. The van der Waals surface area contributed by atoms with Gasteiger partial charge in [0, 0.05) is 49.1 Å². The molecule has 5 rings (SSSR count). The Labute approximate surface area is 183 Å². The summed E-state index contributed by atoms with van der Waals surface area (Å²) in [5.41, 5.74) is 1.87. The lowest BCUT2D eigenvalue weighted by molar-refractivity contribution is -0.122. The number of hydrogen-bond donors (Lipinski definition) is 0. The molecule has 1 saturated heterocycles. The van der Waals surface area contributed by atoms with E-state index in [4.69, 9.17) is 9.47 Å². The molecule has 1 aliphatic carbocycles.